The summed E-state index contributed by atoms with van der Waals surface area (Å²) in [5.74, 6) is 0.676. The van der Waals surface area contributed by atoms with Gasteiger partial charge in [0.05, 0.1) is 20.8 Å². The van der Waals surface area contributed by atoms with E-state index in [1.54, 1.807) is 11.3 Å². The van der Waals surface area contributed by atoms with Crippen LogP contribution < -0.4 is 0 Å². The molecular weight excluding hydrogens is 483 g/mol. The molecule has 0 spiro atoms. The number of para-hydroxylation sites is 2. The number of amides is 1. The van der Waals surface area contributed by atoms with Crippen LogP contribution in [0.2, 0.25) is 0 Å². The average molecular weight is 504 g/mol. The van der Waals surface area contributed by atoms with E-state index in [9.17, 15) is 4.79 Å². The van der Waals surface area contributed by atoms with Crippen LogP contribution in [0, 0.1) is 0 Å². The van der Waals surface area contributed by atoms with Crippen LogP contribution in [-0.2, 0) is 4.79 Å². The molecule has 5 nitrogen and oxygen atoms in total. The second-order valence-electron chi connectivity index (χ2n) is 8.16. The number of amidine groups is 1. The van der Waals surface area contributed by atoms with Gasteiger partial charge in [-0.25, -0.2) is 9.98 Å². The molecule has 1 aliphatic carbocycles. The van der Waals surface area contributed by atoms with Crippen molar-refractivity contribution in [1.82, 2.24) is 9.88 Å². The van der Waals surface area contributed by atoms with Crippen LogP contribution in [0.3, 0.4) is 0 Å². The Morgan fingerprint density at radius 2 is 1.82 bits per heavy atom. The van der Waals surface area contributed by atoms with Crippen LogP contribution in [0.25, 0.3) is 16.3 Å². The van der Waals surface area contributed by atoms with Gasteiger partial charge in [0.25, 0.3) is 5.91 Å². The van der Waals surface area contributed by atoms with Gasteiger partial charge in [-0.2, -0.15) is 0 Å². The number of thioether (sulfide) groups is 1. The summed E-state index contributed by atoms with van der Waals surface area (Å²) >= 11 is 4.58. The molecule has 8 heteroatoms. The van der Waals surface area contributed by atoms with Gasteiger partial charge in [0, 0.05) is 12.1 Å². The molecule has 0 bridgehead atoms. The number of carbonyl (C=O) groups is 1. The van der Waals surface area contributed by atoms with E-state index in [4.69, 9.17) is 9.41 Å². The number of carbonyl (C=O) groups excluding carboxylic acids is 1. The molecule has 2 aliphatic rings. The van der Waals surface area contributed by atoms with Crippen LogP contribution in [0.1, 0.15) is 31.4 Å². The lowest BCUT2D eigenvalue weighted by molar-refractivity contribution is -0.123. The van der Waals surface area contributed by atoms with Gasteiger partial charge in [-0.3, -0.25) is 9.69 Å². The van der Waals surface area contributed by atoms with Crippen molar-refractivity contribution in [2.45, 2.75) is 41.2 Å². The molecule has 2 aromatic carbocycles. The monoisotopic (exact) mass is 503 g/mol. The number of hydrogen-bond acceptors (Lipinski definition) is 7. The third kappa shape index (κ3) is 4.45. The van der Waals surface area contributed by atoms with Gasteiger partial charge >= 0.3 is 0 Å². The molecule has 2 fully saturated rings. The molecule has 0 atom stereocenters. The van der Waals surface area contributed by atoms with Gasteiger partial charge < -0.3 is 4.42 Å². The predicted octanol–water partition coefficient (Wildman–Crippen LogP) is 7.59. The van der Waals surface area contributed by atoms with Crippen LogP contribution in [-0.4, -0.2) is 27.0 Å². The predicted molar refractivity (Wildman–Crippen MR) is 141 cm³/mol. The highest BCUT2D eigenvalue weighted by molar-refractivity contribution is 8.18. The zero-order chi connectivity index (χ0) is 22.9. The molecule has 34 heavy (non-hydrogen) atoms. The van der Waals surface area contributed by atoms with E-state index >= 15 is 0 Å². The smallest absolute Gasteiger partial charge is 0.267 e. The fourth-order valence-corrected chi connectivity index (χ4v) is 7.25. The highest BCUT2D eigenvalue weighted by Crippen LogP contribution is 2.40. The van der Waals surface area contributed by atoms with Crippen molar-refractivity contribution in [3.63, 3.8) is 0 Å². The van der Waals surface area contributed by atoms with Crippen molar-refractivity contribution in [3.05, 3.63) is 77.4 Å². The fraction of sp³-hybridized carbons (Fsp3) is 0.192. The largest absolute Gasteiger partial charge is 0.450 e. The summed E-state index contributed by atoms with van der Waals surface area (Å²) in [5.41, 5.74) is 1.85. The first-order chi connectivity index (χ1) is 16.7. The Hall–Kier alpha value is -2.81. The minimum Gasteiger partial charge on any atom is -0.450 e. The van der Waals surface area contributed by atoms with Crippen LogP contribution >= 0.6 is 34.9 Å². The summed E-state index contributed by atoms with van der Waals surface area (Å²) in [6.07, 6.45) is 6.20. The maximum absolute atomic E-state index is 13.4. The lowest BCUT2D eigenvalue weighted by atomic mass is 10.2. The Morgan fingerprint density at radius 1 is 1.03 bits per heavy atom. The molecule has 1 saturated carbocycles. The average Bonchev–Trinajstić information content (AvgIpc) is 3.63. The molecule has 3 heterocycles. The first kappa shape index (κ1) is 21.7. The van der Waals surface area contributed by atoms with E-state index < -0.39 is 0 Å². The lowest BCUT2D eigenvalue weighted by Gasteiger charge is -2.22. The van der Waals surface area contributed by atoms with Crippen molar-refractivity contribution in [1.29, 1.82) is 0 Å². The quantitative estimate of drug-likeness (QED) is 0.263. The lowest BCUT2D eigenvalue weighted by Crippen LogP contribution is -2.37. The molecule has 6 rings (SSSR count). The summed E-state index contributed by atoms with van der Waals surface area (Å²) < 4.78 is 8.13. The van der Waals surface area contributed by atoms with Gasteiger partial charge in [0.15, 0.2) is 14.6 Å². The Bertz CT molecular complexity index is 1370. The molecule has 2 aromatic heterocycles. The van der Waals surface area contributed by atoms with Crippen LogP contribution in [0.15, 0.2) is 90.5 Å². The second-order valence-corrected chi connectivity index (χ2v) is 11.5. The molecule has 170 valence electrons. The van der Waals surface area contributed by atoms with Gasteiger partial charge in [0.1, 0.15) is 5.76 Å². The third-order valence-corrected chi connectivity index (χ3v) is 8.85. The normalized spacial score (nSPS) is 19.3. The molecule has 1 amide bonds. The summed E-state index contributed by atoms with van der Waals surface area (Å²) in [6, 6.07) is 22.0. The number of fused-ring (bicyclic) bond motifs is 1. The SMILES string of the molecule is O=C1/C(=C/c2ccc(Sc3nc4ccccc4s3)o2)SC(=Nc2ccccc2)N1C1CCCC1. The molecule has 0 unspecified atom stereocenters. The molecule has 1 saturated heterocycles. The first-order valence-corrected chi connectivity index (χ1v) is 13.7. The van der Waals surface area contributed by atoms with Crippen LogP contribution in [0.4, 0.5) is 5.69 Å². The molecule has 0 radical (unpaired) electrons. The van der Waals surface area contributed by atoms with Crippen molar-refractivity contribution >= 4 is 67.9 Å². The van der Waals surface area contributed by atoms with E-state index in [-0.39, 0.29) is 11.9 Å². The highest BCUT2D eigenvalue weighted by Gasteiger charge is 2.39. The highest BCUT2D eigenvalue weighted by atomic mass is 32.2. The molecule has 4 aromatic rings. The maximum Gasteiger partial charge on any atom is 0.267 e. The van der Waals surface area contributed by atoms with Crippen molar-refractivity contribution in [3.8, 4) is 0 Å². The maximum atomic E-state index is 13.4. The number of rotatable bonds is 5. The number of benzene rings is 2. The van der Waals surface area contributed by atoms with E-state index in [1.807, 2.05) is 71.6 Å². The zero-order valence-corrected chi connectivity index (χ0v) is 20.7. The van der Waals surface area contributed by atoms with E-state index in [0.717, 1.165) is 56.2 Å². The Balaban J connectivity index is 1.25. The number of hydrogen-bond donors (Lipinski definition) is 0. The molecular formula is C26H21N3O2S3. The van der Waals surface area contributed by atoms with Crippen molar-refractivity contribution in [2.75, 3.05) is 0 Å². The number of nitrogens with zero attached hydrogens (tertiary/aromatic N) is 3. The Morgan fingerprint density at radius 3 is 2.65 bits per heavy atom. The first-order valence-electron chi connectivity index (χ1n) is 11.2. The summed E-state index contributed by atoms with van der Waals surface area (Å²) in [5, 5.41) is 1.51. The topological polar surface area (TPSA) is 58.7 Å². The van der Waals surface area contributed by atoms with E-state index in [1.165, 1.54) is 23.5 Å². The molecule has 0 N–H and O–H groups in total. The number of furan rings is 1. The minimum absolute atomic E-state index is 0.0170. The van der Waals surface area contributed by atoms with Gasteiger partial charge in [-0.1, -0.05) is 43.2 Å². The number of aliphatic imine (C=N–C) groups is 1. The standard InChI is InChI=1S/C26H21N3O2S3/c30-24-22(32-25(27-17-8-2-1-3-9-17)29(24)18-10-4-5-11-18)16-19-14-15-23(31-19)34-26-28-20-12-6-7-13-21(20)33-26/h1-3,6-9,12-16,18H,4-5,10-11H2/b22-16-,27-25?. The second kappa shape index (κ2) is 9.44. The summed E-state index contributed by atoms with van der Waals surface area (Å²) in [6.45, 7) is 0. The summed E-state index contributed by atoms with van der Waals surface area (Å²) in [7, 11) is 0. The van der Waals surface area contributed by atoms with E-state index in [0.29, 0.717) is 10.7 Å². The molecule has 1 aliphatic heterocycles. The van der Waals surface area contributed by atoms with E-state index in [2.05, 4.69) is 11.1 Å². The van der Waals surface area contributed by atoms with Gasteiger partial charge in [-0.15, -0.1) is 11.3 Å². The number of thiazole rings is 1. The summed E-state index contributed by atoms with van der Waals surface area (Å²) in [4.78, 5) is 25.4. The zero-order valence-electron chi connectivity index (χ0n) is 18.2. The Kier molecular flexibility index (Phi) is 6.03. The fourth-order valence-electron chi connectivity index (χ4n) is 4.24. The minimum atomic E-state index is 0.0170. The van der Waals surface area contributed by atoms with Crippen molar-refractivity contribution < 1.29 is 9.21 Å². The number of aromatic nitrogens is 1. The van der Waals surface area contributed by atoms with Crippen LogP contribution in [0.5, 0.6) is 0 Å². The van der Waals surface area contributed by atoms with Gasteiger partial charge in [-0.05, 0) is 72.8 Å². The Labute approximate surface area is 210 Å². The third-order valence-electron chi connectivity index (χ3n) is 5.85. The van der Waals surface area contributed by atoms with Crippen molar-refractivity contribution in [2.24, 2.45) is 4.99 Å². The van der Waals surface area contributed by atoms with Gasteiger partial charge in [0.2, 0.25) is 0 Å².